The molecule has 0 aliphatic rings. The van der Waals surface area contributed by atoms with E-state index >= 15 is 0 Å². The van der Waals surface area contributed by atoms with Crippen molar-refractivity contribution in [3.63, 3.8) is 0 Å². The van der Waals surface area contributed by atoms with Crippen molar-refractivity contribution in [2.75, 3.05) is 11.9 Å². The number of nitrogens with zero attached hydrogens (tertiary/aromatic N) is 3. The first-order valence-corrected chi connectivity index (χ1v) is 5.65. The summed E-state index contributed by atoms with van der Waals surface area (Å²) in [5, 5.41) is 7.06. The van der Waals surface area contributed by atoms with E-state index in [0.29, 0.717) is 18.8 Å². The first kappa shape index (κ1) is 12.7. The van der Waals surface area contributed by atoms with Crippen LogP contribution in [-0.2, 0) is 0 Å². The van der Waals surface area contributed by atoms with E-state index in [1.54, 1.807) is 29.2 Å². The maximum Gasteiger partial charge on any atom is 0.389 e. The van der Waals surface area contributed by atoms with Gasteiger partial charge in [0, 0.05) is 25.4 Å². The predicted octanol–water partition coefficient (Wildman–Crippen LogP) is 2.87. The number of rotatable bonds is 5. The maximum absolute atomic E-state index is 11.9. The van der Waals surface area contributed by atoms with Crippen LogP contribution < -0.4 is 5.32 Å². The van der Waals surface area contributed by atoms with Gasteiger partial charge in [-0.25, -0.2) is 9.50 Å². The molecule has 2 rings (SSSR count). The fraction of sp³-hybridized carbons (Fsp3) is 0.455. The van der Waals surface area contributed by atoms with Crippen LogP contribution in [0.1, 0.15) is 19.3 Å². The topological polar surface area (TPSA) is 42.2 Å². The molecule has 4 nitrogen and oxygen atoms in total. The zero-order valence-electron chi connectivity index (χ0n) is 9.61. The summed E-state index contributed by atoms with van der Waals surface area (Å²) in [5.41, 5.74) is 0.813. The normalized spacial score (nSPS) is 11.9. The molecule has 0 unspecified atom stereocenters. The molecule has 0 amide bonds. The van der Waals surface area contributed by atoms with Crippen LogP contribution in [0.5, 0.6) is 0 Å². The summed E-state index contributed by atoms with van der Waals surface area (Å²) in [7, 11) is 0. The second kappa shape index (κ2) is 5.24. The van der Waals surface area contributed by atoms with Crippen molar-refractivity contribution in [1.82, 2.24) is 14.6 Å². The summed E-state index contributed by atoms with van der Waals surface area (Å²) in [6, 6.07) is 1.80. The summed E-state index contributed by atoms with van der Waals surface area (Å²) in [4.78, 5) is 4.13. The molecule has 2 aromatic heterocycles. The summed E-state index contributed by atoms with van der Waals surface area (Å²) in [5.74, 6) is 0.641. The Bertz CT molecular complexity index is 506. The minimum atomic E-state index is -4.07. The molecule has 0 atom stereocenters. The van der Waals surface area contributed by atoms with Crippen molar-refractivity contribution in [1.29, 1.82) is 0 Å². The highest BCUT2D eigenvalue weighted by Crippen LogP contribution is 2.22. The van der Waals surface area contributed by atoms with Gasteiger partial charge in [0.2, 0.25) is 0 Å². The van der Waals surface area contributed by atoms with Crippen molar-refractivity contribution >= 4 is 11.3 Å². The van der Waals surface area contributed by atoms with Crippen molar-refractivity contribution in [3.05, 3.63) is 24.7 Å². The van der Waals surface area contributed by atoms with Crippen LogP contribution in [0.4, 0.5) is 19.0 Å². The molecule has 0 spiro atoms. The van der Waals surface area contributed by atoms with Crippen LogP contribution in [0, 0.1) is 0 Å². The molecule has 0 aromatic carbocycles. The number of anilines is 1. The molecule has 0 saturated heterocycles. The lowest BCUT2D eigenvalue weighted by molar-refractivity contribution is -0.135. The fourth-order valence-corrected chi connectivity index (χ4v) is 1.65. The average molecular weight is 258 g/mol. The second-order valence-corrected chi connectivity index (χ2v) is 3.94. The van der Waals surface area contributed by atoms with E-state index in [4.69, 9.17) is 0 Å². The summed E-state index contributed by atoms with van der Waals surface area (Å²) in [6.07, 6.45) is 0.728. The summed E-state index contributed by atoms with van der Waals surface area (Å²) < 4.78 is 37.4. The second-order valence-electron chi connectivity index (χ2n) is 3.94. The van der Waals surface area contributed by atoms with Crippen LogP contribution in [0.2, 0.25) is 0 Å². The molecule has 1 N–H and O–H groups in total. The Kier molecular flexibility index (Phi) is 3.69. The third-order valence-corrected chi connectivity index (χ3v) is 2.50. The summed E-state index contributed by atoms with van der Waals surface area (Å²) in [6.45, 7) is 0.466. The van der Waals surface area contributed by atoms with Crippen molar-refractivity contribution in [2.45, 2.75) is 25.4 Å². The molecular formula is C11H13F3N4. The molecule has 0 saturated carbocycles. The van der Waals surface area contributed by atoms with E-state index in [1.165, 1.54) is 0 Å². The molecular weight excluding hydrogens is 245 g/mol. The van der Waals surface area contributed by atoms with E-state index in [1.807, 2.05) is 0 Å². The molecule has 2 heterocycles. The third kappa shape index (κ3) is 3.35. The van der Waals surface area contributed by atoms with Gasteiger partial charge in [0.25, 0.3) is 0 Å². The van der Waals surface area contributed by atoms with Gasteiger partial charge in [-0.15, -0.1) is 0 Å². The van der Waals surface area contributed by atoms with Crippen molar-refractivity contribution in [3.8, 4) is 0 Å². The Labute approximate surface area is 102 Å². The van der Waals surface area contributed by atoms with E-state index in [9.17, 15) is 13.2 Å². The Balaban J connectivity index is 1.82. The van der Waals surface area contributed by atoms with E-state index < -0.39 is 12.6 Å². The van der Waals surface area contributed by atoms with Gasteiger partial charge in [-0.2, -0.15) is 18.3 Å². The van der Waals surface area contributed by atoms with Gasteiger partial charge >= 0.3 is 6.18 Å². The monoisotopic (exact) mass is 258 g/mol. The standard InChI is InChI=1S/C11H13F3N4/c12-11(13,14)4-1-2-5-15-10-9-3-6-17-18(9)8-7-16-10/h3,6-8H,1-2,4-5H2,(H,15,16). The minimum Gasteiger partial charge on any atom is -0.368 e. The Morgan fingerprint density at radius 1 is 1.22 bits per heavy atom. The highest BCUT2D eigenvalue weighted by Gasteiger charge is 2.25. The minimum absolute atomic E-state index is 0.124. The largest absolute Gasteiger partial charge is 0.389 e. The number of alkyl halides is 3. The van der Waals surface area contributed by atoms with Crippen molar-refractivity contribution in [2.24, 2.45) is 0 Å². The molecule has 2 aromatic rings. The zero-order valence-corrected chi connectivity index (χ0v) is 9.61. The zero-order chi connectivity index (χ0) is 13.0. The van der Waals surface area contributed by atoms with Gasteiger partial charge in [0.15, 0.2) is 5.82 Å². The Morgan fingerprint density at radius 3 is 2.83 bits per heavy atom. The first-order chi connectivity index (χ1) is 8.56. The van der Waals surface area contributed by atoms with Crippen LogP contribution in [0.25, 0.3) is 5.52 Å². The van der Waals surface area contributed by atoms with Gasteiger partial charge in [-0.1, -0.05) is 0 Å². The van der Waals surface area contributed by atoms with Gasteiger partial charge in [0.1, 0.15) is 5.52 Å². The number of halogens is 3. The molecule has 98 valence electrons. The molecule has 0 fully saturated rings. The molecule has 0 bridgehead atoms. The number of unbranched alkanes of at least 4 members (excludes halogenated alkanes) is 1. The number of nitrogens with one attached hydrogen (secondary N) is 1. The van der Waals surface area contributed by atoms with Crippen LogP contribution >= 0.6 is 0 Å². The number of fused-ring (bicyclic) bond motifs is 1. The van der Waals surface area contributed by atoms with Crippen molar-refractivity contribution < 1.29 is 13.2 Å². The van der Waals surface area contributed by atoms with Crippen LogP contribution in [0.3, 0.4) is 0 Å². The molecule has 0 aliphatic heterocycles. The van der Waals surface area contributed by atoms with Crippen LogP contribution in [-0.4, -0.2) is 27.3 Å². The van der Waals surface area contributed by atoms with Crippen LogP contribution in [0.15, 0.2) is 24.7 Å². The van der Waals surface area contributed by atoms with Gasteiger partial charge in [-0.05, 0) is 18.9 Å². The molecule has 0 radical (unpaired) electrons. The first-order valence-electron chi connectivity index (χ1n) is 5.65. The fourth-order valence-electron chi connectivity index (χ4n) is 1.65. The number of hydrogen-bond acceptors (Lipinski definition) is 3. The van der Waals surface area contributed by atoms with Gasteiger partial charge in [-0.3, -0.25) is 0 Å². The lowest BCUT2D eigenvalue weighted by Crippen LogP contribution is -2.09. The van der Waals surface area contributed by atoms with Gasteiger partial charge in [0.05, 0.1) is 6.20 Å². The van der Waals surface area contributed by atoms with E-state index in [2.05, 4.69) is 15.4 Å². The lowest BCUT2D eigenvalue weighted by Gasteiger charge is -2.08. The maximum atomic E-state index is 11.9. The smallest absolute Gasteiger partial charge is 0.368 e. The number of aromatic nitrogens is 3. The van der Waals surface area contributed by atoms with E-state index in [0.717, 1.165) is 5.52 Å². The Hall–Kier alpha value is -1.79. The Morgan fingerprint density at radius 2 is 2.06 bits per heavy atom. The predicted molar refractivity (Wildman–Crippen MR) is 61.4 cm³/mol. The third-order valence-electron chi connectivity index (χ3n) is 2.50. The van der Waals surface area contributed by atoms with E-state index in [-0.39, 0.29) is 6.42 Å². The average Bonchev–Trinajstić information content (AvgIpc) is 2.75. The molecule has 7 heteroatoms. The lowest BCUT2D eigenvalue weighted by atomic mass is 10.2. The molecule has 18 heavy (non-hydrogen) atoms. The SMILES string of the molecule is FC(F)(F)CCCCNc1nccn2nccc12. The highest BCUT2D eigenvalue weighted by molar-refractivity contribution is 5.66. The highest BCUT2D eigenvalue weighted by atomic mass is 19.4. The number of hydrogen-bond donors (Lipinski definition) is 1. The quantitative estimate of drug-likeness (QED) is 0.838. The summed E-state index contributed by atoms with van der Waals surface area (Å²) >= 11 is 0. The molecule has 0 aliphatic carbocycles. The van der Waals surface area contributed by atoms with Gasteiger partial charge < -0.3 is 5.32 Å².